The Labute approximate surface area is 127 Å². The topological polar surface area (TPSA) is 52.6 Å². The second-order valence-corrected chi connectivity index (χ2v) is 5.65. The highest BCUT2D eigenvalue weighted by molar-refractivity contribution is 7.09. The highest BCUT2D eigenvalue weighted by Crippen LogP contribution is 2.40. The van der Waals surface area contributed by atoms with E-state index in [1.54, 1.807) is 18.4 Å². The Morgan fingerprint density at radius 3 is 3.05 bits per heavy atom. The van der Waals surface area contributed by atoms with Crippen molar-refractivity contribution >= 4 is 11.3 Å². The van der Waals surface area contributed by atoms with Crippen LogP contribution in [0.2, 0.25) is 0 Å². The molecule has 0 fully saturated rings. The SMILES string of the molecule is COc1cc(CNCCc2nccs2)cc2c1OCCO2. The fourth-order valence-corrected chi connectivity index (χ4v) is 2.85. The van der Waals surface area contributed by atoms with Crippen molar-refractivity contribution in [2.45, 2.75) is 13.0 Å². The van der Waals surface area contributed by atoms with Gasteiger partial charge in [0.15, 0.2) is 11.5 Å². The number of benzene rings is 1. The molecule has 0 aliphatic carbocycles. The van der Waals surface area contributed by atoms with Crippen LogP contribution in [0, 0.1) is 0 Å². The number of hydrogen-bond donors (Lipinski definition) is 1. The first-order valence-corrected chi connectivity index (χ1v) is 7.80. The van der Waals surface area contributed by atoms with Crippen molar-refractivity contribution < 1.29 is 14.2 Å². The second kappa shape index (κ2) is 6.78. The highest BCUT2D eigenvalue weighted by atomic mass is 32.1. The number of nitrogens with one attached hydrogen (secondary N) is 1. The normalized spacial score (nSPS) is 13.2. The average Bonchev–Trinajstić information content (AvgIpc) is 3.04. The summed E-state index contributed by atoms with van der Waals surface area (Å²) < 4.78 is 16.6. The fourth-order valence-electron chi connectivity index (χ4n) is 2.23. The van der Waals surface area contributed by atoms with Gasteiger partial charge < -0.3 is 19.5 Å². The van der Waals surface area contributed by atoms with Crippen LogP contribution in [0.15, 0.2) is 23.7 Å². The Balaban J connectivity index is 1.60. The van der Waals surface area contributed by atoms with E-state index < -0.39 is 0 Å². The summed E-state index contributed by atoms with van der Waals surface area (Å²) in [7, 11) is 1.65. The van der Waals surface area contributed by atoms with Gasteiger partial charge in [-0.05, 0) is 17.7 Å². The Hall–Kier alpha value is -1.79. The first-order valence-electron chi connectivity index (χ1n) is 6.92. The maximum absolute atomic E-state index is 5.63. The third-order valence-corrected chi connectivity index (χ3v) is 4.06. The van der Waals surface area contributed by atoms with Gasteiger partial charge in [-0.1, -0.05) is 0 Å². The van der Waals surface area contributed by atoms with Crippen LogP contribution in [0.3, 0.4) is 0 Å². The number of aromatic nitrogens is 1. The molecule has 1 N–H and O–H groups in total. The largest absolute Gasteiger partial charge is 0.493 e. The van der Waals surface area contributed by atoms with E-state index >= 15 is 0 Å². The lowest BCUT2D eigenvalue weighted by Crippen LogP contribution is -2.19. The Bertz CT molecular complexity index is 570. The van der Waals surface area contributed by atoms with Crippen molar-refractivity contribution in [3.05, 3.63) is 34.3 Å². The van der Waals surface area contributed by atoms with Gasteiger partial charge in [-0.2, -0.15) is 0 Å². The number of thiazole rings is 1. The third-order valence-electron chi connectivity index (χ3n) is 3.22. The van der Waals surface area contributed by atoms with Gasteiger partial charge in [0.1, 0.15) is 13.2 Å². The molecule has 0 atom stereocenters. The predicted molar refractivity (Wildman–Crippen MR) is 81.5 cm³/mol. The Kier molecular flexibility index (Phi) is 4.57. The minimum atomic E-state index is 0.564. The van der Waals surface area contributed by atoms with Gasteiger partial charge in [0.05, 0.1) is 12.1 Å². The lowest BCUT2D eigenvalue weighted by Gasteiger charge is -2.21. The van der Waals surface area contributed by atoms with Gasteiger partial charge >= 0.3 is 0 Å². The van der Waals surface area contributed by atoms with Crippen LogP contribution in [-0.2, 0) is 13.0 Å². The molecule has 5 nitrogen and oxygen atoms in total. The number of hydrogen-bond acceptors (Lipinski definition) is 6. The molecule has 0 unspecified atom stereocenters. The van der Waals surface area contributed by atoms with E-state index in [0.717, 1.165) is 41.6 Å². The molecule has 112 valence electrons. The van der Waals surface area contributed by atoms with Gasteiger partial charge in [0, 0.05) is 31.1 Å². The van der Waals surface area contributed by atoms with Crippen molar-refractivity contribution in [2.75, 3.05) is 26.9 Å². The van der Waals surface area contributed by atoms with Gasteiger partial charge in [-0.15, -0.1) is 11.3 Å². The summed E-state index contributed by atoms with van der Waals surface area (Å²) in [6.45, 7) is 2.80. The molecule has 21 heavy (non-hydrogen) atoms. The second-order valence-electron chi connectivity index (χ2n) is 4.67. The molecule has 1 aliphatic heterocycles. The lowest BCUT2D eigenvalue weighted by molar-refractivity contribution is 0.165. The molecule has 6 heteroatoms. The van der Waals surface area contributed by atoms with E-state index in [9.17, 15) is 0 Å². The number of methoxy groups -OCH3 is 1. The zero-order chi connectivity index (χ0) is 14.5. The number of nitrogens with zero attached hydrogens (tertiary/aromatic N) is 1. The zero-order valence-electron chi connectivity index (χ0n) is 11.9. The van der Waals surface area contributed by atoms with Gasteiger partial charge in [-0.25, -0.2) is 4.98 Å². The average molecular weight is 306 g/mol. The maximum atomic E-state index is 5.63. The quantitative estimate of drug-likeness (QED) is 0.830. The lowest BCUT2D eigenvalue weighted by atomic mass is 10.1. The van der Waals surface area contributed by atoms with Crippen LogP contribution in [0.25, 0.3) is 0 Å². The van der Waals surface area contributed by atoms with Crippen molar-refractivity contribution in [2.24, 2.45) is 0 Å². The van der Waals surface area contributed by atoms with Crippen molar-refractivity contribution in [3.63, 3.8) is 0 Å². The monoisotopic (exact) mass is 306 g/mol. The van der Waals surface area contributed by atoms with Gasteiger partial charge in [-0.3, -0.25) is 0 Å². The predicted octanol–water partition coefficient (Wildman–Crippen LogP) is 2.26. The summed E-state index contributed by atoms with van der Waals surface area (Å²) in [5.41, 5.74) is 1.12. The third kappa shape index (κ3) is 3.46. The standard InChI is InChI=1S/C15H18N2O3S/c1-18-12-8-11(9-13-15(12)20-6-5-19-13)10-16-3-2-14-17-4-7-21-14/h4,7-9,16H,2-3,5-6,10H2,1H3. The molecule has 2 heterocycles. The van der Waals surface area contributed by atoms with E-state index in [4.69, 9.17) is 14.2 Å². The van der Waals surface area contributed by atoms with E-state index in [0.29, 0.717) is 19.0 Å². The molecule has 1 aliphatic rings. The number of ether oxygens (including phenoxy) is 3. The molecule has 1 aromatic heterocycles. The van der Waals surface area contributed by atoms with Crippen LogP contribution in [0.4, 0.5) is 0 Å². The van der Waals surface area contributed by atoms with Gasteiger partial charge in [0.2, 0.25) is 5.75 Å². The minimum absolute atomic E-state index is 0.564. The molecule has 0 bridgehead atoms. The molecule has 0 radical (unpaired) electrons. The first kappa shape index (κ1) is 14.2. The first-order chi connectivity index (χ1) is 10.4. The van der Waals surface area contributed by atoms with Crippen LogP contribution in [0.1, 0.15) is 10.6 Å². The van der Waals surface area contributed by atoms with Crippen molar-refractivity contribution in [1.29, 1.82) is 0 Å². The highest BCUT2D eigenvalue weighted by Gasteiger charge is 2.18. The molecule has 0 spiro atoms. The summed E-state index contributed by atoms with van der Waals surface area (Å²) in [4.78, 5) is 4.27. The molecular weight excluding hydrogens is 288 g/mol. The van der Waals surface area contributed by atoms with Crippen molar-refractivity contribution in [1.82, 2.24) is 10.3 Å². The van der Waals surface area contributed by atoms with Crippen LogP contribution < -0.4 is 19.5 Å². The van der Waals surface area contributed by atoms with E-state index in [1.807, 2.05) is 23.7 Å². The molecule has 1 aromatic carbocycles. The van der Waals surface area contributed by atoms with Crippen LogP contribution in [0.5, 0.6) is 17.2 Å². The smallest absolute Gasteiger partial charge is 0.203 e. The molecule has 0 saturated heterocycles. The van der Waals surface area contributed by atoms with Crippen molar-refractivity contribution in [3.8, 4) is 17.2 Å². The van der Waals surface area contributed by atoms with E-state index in [1.165, 1.54) is 0 Å². The van der Waals surface area contributed by atoms with Crippen LogP contribution >= 0.6 is 11.3 Å². The summed E-state index contributed by atoms with van der Waals surface area (Å²) in [5, 5.41) is 6.57. The minimum Gasteiger partial charge on any atom is -0.493 e. The molecular formula is C15H18N2O3S. The maximum Gasteiger partial charge on any atom is 0.203 e. The zero-order valence-corrected chi connectivity index (χ0v) is 12.7. The molecule has 0 saturated carbocycles. The summed E-state index contributed by atoms with van der Waals surface area (Å²) in [5.74, 6) is 2.19. The number of fused-ring (bicyclic) bond motifs is 1. The molecule has 2 aromatic rings. The summed E-state index contributed by atoms with van der Waals surface area (Å²) in [6, 6.07) is 4.00. The Morgan fingerprint density at radius 2 is 2.24 bits per heavy atom. The summed E-state index contributed by atoms with van der Waals surface area (Å²) in [6.07, 6.45) is 2.78. The van der Waals surface area contributed by atoms with E-state index in [-0.39, 0.29) is 0 Å². The number of rotatable bonds is 6. The fraction of sp³-hybridized carbons (Fsp3) is 0.400. The summed E-state index contributed by atoms with van der Waals surface area (Å²) >= 11 is 1.69. The molecule has 0 amide bonds. The van der Waals surface area contributed by atoms with E-state index in [2.05, 4.69) is 10.3 Å². The van der Waals surface area contributed by atoms with Crippen LogP contribution in [-0.4, -0.2) is 31.9 Å². The van der Waals surface area contributed by atoms with Gasteiger partial charge in [0.25, 0.3) is 0 Å². The molecule has 3 rings (SSSR count). The Morgan fingerprint density at radius 1 is 1.33 bits per heavy atom.